The molecule has 1 N–H and O–H groups in total. The molecule has 2 aromatic rings. The minimum Gasteiger partial charge on any atom is -0.339 e. The van der Waals surface area contributed by atoms with Gasteiger partial charge < -0.3 is 14.7 Å². The van der Waals surface area contributed by atoms with Crippen molar-refractivity contribution in [2.24, 2.45) is 0 Å². The Morgan fingerprint density at radius 1 is 1.48 bits per heavy atom. The van der Waals surface area contributed by atoms with Crippen molar-refractivity contribution >= 4 is 5.91 Å². The highest BCUT2D eigenvalue weighted by Crippen LogP contribution is 2.31. The quantitative estimate of drug-likeness (QED) is 0.903. The number of nitrogens with zero attached hydrogens (tertiary/aromatic N) is 4. The third-order valence-corrected chi connectivity index (χ3v) is 4.11. The zero-order chi connectivity index (χ0) is 16.4. The summed E-state index contributed by atoms with van der Waals surface area (Å²) in [5.74, 6) is 1.57. The molecule has 122 valence electrons. The Morgan fingerprint density at radius 2 is 2.30 bits per heavy atom. The molecule has 0 aromatic carbocycles. The average molecular weight is 315 g/mol. The second kappa shape index (κ2) is 6.45. The maximum Gasteiger partial charge on any atom is 0.229 e. The molecular weight excluding hydrogens is 294 g/mol. The van der Waals surface area contributed by atoms with E-state index >= 15 is 0 Å². The second-order valence-electron chi connectivity index (χ2n) is 6.13. The summed E-state index contributed by atoms with van der Waals surface area (Å²) < 4.78 is 5.21. The van der Waals surface area contributed by atoms with Gasteiger partial charge in [0.15, 0.2) is 5.82 Å². The van der Waals surface area contributed by atoms with Gasteiger partial charge in [-0.2, -0.15) is 4.98 Å². The Morgan fingerprint density at radius 3 is 2.96 bits per heavy atom. The summed E-state index contributed by atoms with van der Waals surface area (Å²) in [6.07, 6.45) is 3.99. The summed E-state index contributed by atoms with van der Waals surface area (Å²) in [6, 6.07) is 3.84. The van der Waals surface area contributed by atoms with Crippen LogP contribution in [0.15, 0.2) is 29.0 Å². The van der Waals surface area contributed by atoms with Crippen LogP contribution < -0.4 is 5.32 Å². The van der Waals surface area contributed by atoms with Gasteiger partial charge in [-0.15, -0.1) is 0 Å². The molecule has 0 spiro atoms. The molecule has 0 bridgehead atoms. The highest BCUT2D eigenvalue weighted by molar-refractivity contribution is 5.80. The minimum absolute atomic E-state index is 0.00213. The summed E-state index contributed by atoms with van der Waals surface area (Å²) in [5, 5.41) is 7.36. The fourth-order valence-electron chi connectivity index (χ4n) is 2.86. The molecule has 7 nitrogen and oxygen atoms in total. The monoisotopic (exact) mass is 315 g/mol. The fourth-order valence-corrected chi connectivity index (χ4v) is 2.86. The molecule has 23 heavy (non-hydrogen) atoms. The van der Waals surface area contributed by atoms with Gasteiger partial charge in [-0.1, -0.05) is 25.1 Å². The molecule has 3 heterocycles. The lowest BCUT2D eigenvalue weighted by Gasteiger charge is -2.25. The van der Waals surface area contributed by atoms with Crippen molar-refractivity contribution in [3.8, 4) is 0 Å². The molecule has 1 aliphatic heterocycles. The second-order valence-corrected chi connectivity index (χ2v) is 6.13. The lowest BCUT2D eigenvalue weighted by Crippen LogP contribution is -2.35. The standard InChI is InChI=1S/C16H21N5O2/c1-10(2)16-19-13(20-23-16)9-18-12-7-14(22)21(3)15(12)11-5-4-6-17-8-11/h4-6,8,10,12,15,18H,7,9H2,1-3H3/t12-,15+/m1/s1. The van der Waals surface area contributed by atoms with Gasteiger partial charge in [0.1, 0.15) is 0 Å². The van der Waals surface area contributed by atoms with E-state index in [0.717, 1.165) is 5.56 Å². The largest absolute Gasteiger partial charge is 0.339 e. The molecule has 1 amide bonds. The lowest BCUT2D eigenvalue weighted by molar-refractivity contribution is -0.127. The first-order valence-corrected chi connectivity index (χ1v) is 7.77. The van der Waals surface area contributed by atoms with Crippen molar-refractivity contribution in [3.63, 3.8) is 0 Å². The molecule has 2 atom stereocenters. The Bertz CT molecular complexity index is 670. The van der Waals surface area contributed by atoms with Crippen LogP contribution in [0.1, 0.15) is 49.5 Å². The molecule has 0 saturated carbocycles. The Balaban J connectivity index is 1.71. The third kappa shape index (κ3) is 3.24. The van der Waals surface area contributed by atoms with E-state index in [4.69, 9.17) is 4.52 Å². The predicted molar refractivity (Wildman–Crippen MR) is 83.4 cm³/mol. The summed E-state index contributed by atoms with van der Waals surface area (Å²) in [7, 11) is 1.83. The molecule has 1 saturated heterocycles. The van der Waals surface area contributed by atoms with Gasteiger partial charge in [0.2, 0.25) is 11.8 Å². The number of rotatable bonds is 5. The van der Waals surface area contributed by atoms with E-state index in [2.05, 4.69) is 20.4 Å². The smallest absolute Gasteiger partial charge is 0.229 e. The van der Waals surface area contributed by atoms with Crippen LogP contribution in [0, 0.1) is 0 Å². The zero-order valence-electron chi connectivity index (χ0n) is 13.6. The molecule has 0 radical (unpaired) electrons. The van der Waals surface area contributed by atoms with Gasteiger partial charge in [0.05, 0.1) is 12.6 Å². The first-order valence-electron chi connectivity index (χ1n) is 7.77. The minimum atomic E-state index is -0.0346. The topological polar surface area (TPSA) is 84.2 Å². The van der Waals surface area contributed by atoms with Crippen molar-refractivity contribution in [1.82, 2.24) is 25.3 Å². The van der Waals surface area contributed by atoms with Crippen LogP contribution in [0.5, 0.6) is 0 Å². The van der Waals surface area contributed by atoms with E-state index in [1.54, 1.807) is 17.3 Å². The van der Waals surface area contributed by atoms with E-state index in [-0.39, 0.29) is 23.9 Å². The summed E-state index contributed by atoms with van der Waals surface area (Å²) in [6.45, 7) is 4.49. The van der Waals surface area contributed by atoms with Crippen molar-refractivity contribution in [1.29, 1.82) is 0 Å². The molecular formula is C16H21N5O2. The molecule has 7 heteroatoms. The fraction of sp³-hybridized carbons (Fsp3) is 0.500. The van der Waals surface area contributed by atoms with Gasteiger partial charge in [-0.25, -0.2) is 0 Å². The highest BCUT2D eigenvalue weighted by Gasteiger charge is 2.38. The first-order chi connectivity index (χ1) is 11.1. The summed E-state index contributed by atoms with van der Waals surface area (Å²) in [5.41, 5.74) is 1.02. The predicted octanol–water partition coefficient (Wildman–Crippen LogP) is 1.65. The van der Waals surface area contributed by atoms with E-state index in [9.17, 15) is 4.79 Å². The van der Waals surface area contributed by atoms with E-state index < -0.39 is 0 Å². The Kier molecular flexibility index (Phi) is 4.38. The zero-order valence-corrected chi connectivity index (χ0v) is 13.6. The lowest BCUT2D eigenvalue weighted by atomic mass is 10.0. The molecule has 0 aliphatic carbocycles. The number of carbonyl (C=O) groups is 1. The normalized spacial score (nSPS) is 21.4. The van der Waals surface area contributed by atoms with Crippen LogP contribution in [0.3, 0.4) is 0 Å². The highest BCUT2D eigenvalue weighted by atomic mass is 16.5. The molecule has 0 unspecified atom stereocenters. The van der Waals surface area contributed by atoms with Gasteiger partial charge >= 0.3 is 0 Å². The third-order valence-electron chi connectivity index (χ3n) is 4.11. The van der Waals surface area contributed by atoms with Crippen LogP contribution in [-0.2, 0) is 11.3 Å². The average Bonchev–Trinajstić information content (AvgIpc) is 3.12. The van der Waals surface area contributed by atoms with E-state index in [1.165, 1.54) is 0 Å². The van der Waals surface area contributed by atoms with Crippen molar-refractivity contribution in [2.45, 2.75) is 44.8 Å². The summed E-state index contributed by atoms with van der Waals surface area (Å²) in [4.78, 5) is 22.4. The number of aromatic nitrogens is 3. The van der Waals surface area contributed by atoms with Crippen LogP contribution in [0.25, 0.3) is 0 Å². The van der Waals surface area contributed by atoms with Gasteiger partial charge in [0, 0.05) is 37.8 Å². The van der Waals surface area contributed by atoms with Crippen LogP contribution in [0.4, 0.5) is 0 Å². The Labute approximate surface area is 135 Å². The number of hydrogen-bond donors (Lipinski definition) is 1. The van der Waals surface area contributed by atoms with Gasteiger partial charge in [0.25, 0.3) is 0 Å². The Hall–Kier alpha value is -2.28. The van der Waals surface area contributed by atoms with Crippen molar-refractivity contribution in [3.05, 3.63) is 41.8 Å². The maximum absolute atomic E-state index is 12.1. The molecule has 2 aromatic heterocycles. The number of amides is 1. The van der Waals surface area contributed by atoms with Crippen molar-refractivity contribution in [2.75, 3.05) is 7.05 Å². The SMILES string of the molecule is CC(C)c1nc(CN[C@@H]2CC(=O)N(C)[C@H]2c2cccnc2)no1. The van der Waals surface area contributed by atoms with Crippen molar-refractivity contribution < 1.29 is 9.32 Å². The number of carbonyl (C=O) groups excluding carboxylic acids is 1. The van der Waals surface area contributed by atoms with E-state index in [0.29, 0.717) is 24.7 Å². The molecule has 1 fully saturated rings. The van der Waals surface area contributed by atoms with Crippen LogP contribution >= 0.6 is 0 Å². The number of likely N-dealkylation sites (N-methyl/N-ethyl adjacent to an activating group) is 1. The van der Waals surface area contributed by atoms with Gasteiger partial charge in [-0.3, -0.25) is 9.78 Å². The van der Waals surface area contributed by atoms with Gasteiger partial charge in [-0.05, 0) is 11.6 Å². The number of likely N-dealkylation sites (tertiary alicyclic amines) is 1. The van der Waals surface area contributed by atoms with E-state index in [1.807, 2.05) is 33.0 Å². The number of nitrogens with one attached hydrogen (secondary N) is 1. The number of hydrogen-bond acceptors (Lipinski definition) is 6. The molecule has 3 rings (SSSR count). The number of pyridine rings is 1. The summed E-state index contributed by atoms with van der Waals surface area (Å²) >= 11 is 0. The maximum atomic E-state index is 12.1. The first kappa shape index (κ1) is 15.6. The van der Waals surface area contributed by atoms with Crippen LogP contribution in [-0.4, -0.2) is 39.0 Å². The molecule has 1 aliphatic rings. The van der Waals surface area contributed by atoms with Crippen LogP contribution in [0.2, 0.25) is 0 Å².